The molecule has 3 nitrogen and oxygen atoms in total. The number of allylic oxidation sites excluding steroid dienone is 1. The quantitative estimate of drug-likeness (QED) is 0.751. The molecule has 1 amide bonds. The van der Waals surface area contributed by atoms with Crippen molar-refractivity contribution in [1.82, 2.24) is 10.6 Å². The van der Waals surface area contributed by atoms with Crippen molar-refractivity contribution >= 4 is 5.91 Å². The van der Waals surface area contributed by atoms with Crippen LogP contribution in [0.1, 0.15) is 46.0 Å². The SMILES string of the molecule is C=C(C)NCC1(CNC(C)=O)CCCCC1. The van der Waals surface area contributed by atoms with E-state index in [1.165, 1.54) is 32.1 Å². The minimum absolute atomic E-state index is 0.0697. The summed E-state index contributed by atoms with van der Waals surface area (Å²) in [6, 6.07) is 0. The van der Waals surface area contributed by atoms with Crippen molar-refractivity contribution in [2.75, 3.05) is 13.1 Å². The van der Waals surface area contributed by atoms with Gasteiger partial charge in [0.05, 0.1) is 0 Å². The van der Waals surface area contributed by atoms with E-state index in [4.69, 9.17) is 0 Å². The van der Waals surface area contributed by atoms with Gasteiger partial charge in [0, 0.05) is 31.1 Å². The van der Waals surface area contributed by atoms with E-state index in [9.17, 15) is 4.79 Å². The van der Waals surface area contributed by atoms with Gasteiger partial charge in [-0.3, -0.25) is 4.79 Å². The first-order valence-electron chi connectivity index (χ1n) is 6.18. The molecule has 0 aromatic heterocycles. The average molecular weight is 224 g/mol. The fourth-order valence-electron chi connectivity index (χ4n) is 2.37. The van der Waals surface area contributed by atoms with Gasteiger partial charge in [-0.25, -0.2) is 0 Å². The second-order valence-electron chi connectivity index (χ2n) is 5.10. The van der Waals surface area contributed by atoms with Crippen LogP contribution in [0.25, 0.3) is 0 Å². The Balaban J connectivity index is 2.52. The highest BCUT2D eigenvalue weighted by molar-refractivity contribution is 5.72. The Morgan fingerprint density at radius 3 is 2.19 bits per heavy atom. The van der Waals surface area contributed by atoms with E-state index < -0.39 is 0 Å². The Morgan fingerprint density at radius 1 is 1.12 bits per heavy atom. The number of hydrogen-bond acceptors (Lipinski definition) is 2. The first kappa shape index (κ1) is 13.1. The topological polar surface area (TPSA) is 41.1 Å². The van der Waals surface area contributed by atoms with Crippen LogP contribution in [0.4, 0.5) is 0 Å². The molecule has 1 rings (SSSR count). The van der Waals surface area contributed by atoms with Crippen molar-refractivity contribution in [3.63, 3.8) is 0 Å². The van der Waals surface area contributed by atoms with Crippen LogP contribution in [0.5, 0.6) is 0 Å². The number of rotatable bonds is 5. The molecular weight excluding hydrogens is 200 g/mol. The first-order valence-corrected chi connectivity index (χ1v) is 6.18. The van der Waals surface area contributed by atoms with E-state index in [1.54, 1.807) is 6.92 Å². The molecule has 1 saturated carbocycles. The van der Waals surface area contributed by atoms with Crippen LogP contribution in [0.3, 0.4) is 0 Å². The van der Waals surface area contributed by atoms with Crippen LogP contribution in [0.2, 0.25) is 0 Å². The zero-order chi connectivity index (χ0) is 12.0. The summed E-state index contributed by atoms with van der Waals surface area (Å²) in [5, 5.41) is 6.31. The lowest BCUT2D eigenvalue weighted by atomic mass is 9.74. The summed E-state index contributed by atoms with van der Waals surface area (Å²) in [7, 11) is 0. The minimum Gasteiger partial charge on any atom is -0.388 e. The molecule has 0 aliphatic heterocycles. The summed E-state index contributed by atoms with van der Waals surface area (Å²) >= 11 is 0. The van der Waals surface area contributed by atoms with Gasteiger partial charge in [0.25, 0.3) is 0 Å². The predicted molar refractivity (Wildman–Crippen MR) is 67.0 cm³/mol. The molecule has 1 aliphatic rings. The molecule has 0 saturated heterocycles. The smallest absolute Gasteiger partial charge is 0.216 e. The molecule has 1 fully saturated rings. The van der Waals surface area contributed by atoms with Gasteiger partial charge in [-0.2, -0.15) is 0 Å². The monoisotopic (exact) mass is 224 g/mol. The Labute approximate surface area is 98.7 Å². The molecule has 2 N–H and O–H groups in total. The summed E-state index contributed by atoms with van der Waals surface area (Å²) in [5.41, 5.74) is 1.25. The van der Waals surface area contributed by atoms with E-state index in [1.807, 2.05) is 6.92 Å². The average Bonchev–Trinajstić information content (AvgIpc) is 2.25. The first-order chi connectivity index (χ1) is 7.54. The molecule has 0 unspecified atom stereocenters. The molecule has 1 aliphatic carbocycles. The molecule has 0 aromatic carbocycles. The van der Waals surface area contributed by atoms with Gasteiger partial charge in [-0.1, -0.05) is 25.8 Å². The summed E-state index contributed by atoms with van der Waals surface area (Å²) in [5.74, 6) is 0.0697. The number of hydrogen-bond donors (Lipinski definition) is 2. The largest absolute Gasteiger partial charge is 0.388 e. The van der Waals surface area contributed by atoms with Crippen molar-refractivity contribution in [1.29, 1.82) is 0 Å². The van der Waals surface area contributed by atoms with Crippen molar-refractivity contribution < 1.29 is 4.79 Å². The molecule has 0 aromatic rings. The summed E-state index contributed by atoms with van der Waals surface area (Å²) in [6.07, 6.45) is 6.28. The maximum absolute atomic E-state index is 11.0. The number of amides is 1. The third-order valence-electron chi connectivity index (χ3n) is 3.39. The second kappa shape index (κ2) is 5.92. The lowest BCUT2D eigenvalue weighted by Crippen LogP contribution is -2.44. The molecule has 0 atom stereocenters. The highest BCUT2D eigenvalue weighted by Crippen LogP contribution is 2.35. The van der Waals surface area contributed by atoms with Crippen molar-refractivity contribution in [3.8, 4) is 0 Å². The highest BCUT2D eigenvalue weighted by atomic mass is 16.1. The van der Waals surface area contributed by atoms with Crippen LogP contribution in [0.15, 0.2) is 12.3 Å². The zero-order valence-corrected chi connectivity index (χ0v) is 10.6. The van der Waals surface area contributed by atoms with Gasteiger partial charge in [-0.15, -0.1) is 0 Å². The van der Waals surface area contributed by atoms with Gasteiger partial charge < -0.3 is 10.6 Å². The summed E-state index contributed by atoms with van der Waals surface area (Å²) in [4.78, 5) is 11.0. The van der Waals surface area contributed by atoms with Crippen LogP contribution in [-0.2, 0) is 4.79 Å². The fraction of sp³-hybridized carbons (Fsp3) is 0.769. The standard InChI is InChI=1S/C13H24N2O/c1-11(2)14-9-13(10-15-12(3)16)7-5-4-6-8-13/h14H,1,4-10H2,2-3H3,(H,15,16). The van der Waals surface area contributed by atoms with Crippen molar-refractivity contribution in [3.05, 3.63) is 12.3 Å². The lowest BCUT2D eigenvalue weighted by Gasteiger charge is -2.37. The van der Waals surface area contributed by atoms with E-state index in [0.29, 0.717) is 0 Å². The maximum atomic E-state index is 11.0. The third-order valence-corrected chi connectivity index (χ3v) is 3.39. The van der Waals surface area contributed by atoms with Gasteiger partial charge in [0.15, 0.2) is 0 Å². The van der Waals surface area contributed by atoms with Gasteiger partial charge in [0.2, 0.25) is 5.91 Å². The van der Waals surface area contributed by atoms with E-state index >= 15 is 0 Å². The Kier molecular flexibility index (Phi) is 4.84. The molecule has 16 heavy (non-hydrogen) atoms. The van der Waals surface area contributed by atoms with Crippen LogP contribution < -0.4 is 10.6 Å². The lowest BCUT2D eigenvalue weighted by molar-refractivity contribution is -0.119. The minimum atomic E-state index is 0.0697. The second-order valence-corrected chi connectivity index (χ2v) is 5.10. The predicted octanol–water partition coefficient (Wildman–Crippen LogP) is 2.20. The number of carbonyl (C=O) groups excluding carboxylic acids is 1. The molecule has 92 valence electrons. The Morgan fingerprint density at radius 2 is 1.69 bits per heavy atom. The highest BCUT2D eigenvalue weighted by Gasteiger charge is 2.31. The van der Waals surface area contributed by atoms with Crippen LogP contribution in [-0.4, -0.2) is 19.0 Å². The fourth-order valence-corrected chi connectivity index (χ4v) is 2.37. The van der Waals surface area contributed by atoms with Crippen LogP contribution >= 0.6 is 0 Å². The molecule has 0 spiro atoms. The molecule has 3 heteroatoms. The molecule has 0 bridgehead atoms. The van der Waals surface area contributed by atoms with E-state index in [2.05, 4.69) is 17.2 Å². The molecular formula is C13H24N2O. The van der Waals surface area contributed by atoms with Crippen molar-refractivity contribution in [2.24, 2.45) is 5.41 Å². The third kappa shape index (κ3) is 4.25. The maximum Gasteiger partial charge on any atom is 0.216 e. The number of carbonyl (C=O) groups is 1. The van der Waals surface area contributed by atoms with Gasteiger partial charge >= 0.3 is 0 Å². The Bertz CT molecular complexity index is 235. The van der Waals surface area contributed by atoms with Gasteiger partial charge in [-0.05, 0) is 19.8 Å². The normalized spacial score (nSPS) is 18.9. The summed E-state index contributed by atoms with van der Waals surface area (Å²) in [6.45, 7) is 9.16. The van der Waals surface area contributed by atoms with Crippen LogP contribution in [0, 0.1) is 5.41 Å². The van der Waals surface area contributed by atoms with Crippen molar-refractivity contribution in [2.45, 2.75) is 46.0 Å². The molecule has 0 radical (unpaired) electrons. The Hall–Kier alpha value is -0.990. The van der Waals surface area contributed by atoms with E-state index in [0.717, 1.165) is 18.8 Å². The number of nitrogens with one attached hydrogen (secondary N) is 2. The van der Waals surface area contributed by atoms with E-state index in [-0.39, 0.29) is 11.3 Å². The zero-order valence-electron chi connectivity index (χ0n) is 10.6. The summed E-state index contributed by atoms with van der Waals surface area (Å²) < 4.78 is 0. The molecule has 0 heterocycles. The van der Waals surface area contributed by atoms with Gasteiger partial charge in [0.1, 0.15) is 0 Å².